The summed E-state index contributed by atoms with van der Waals surface area (Å²) in [7, 11) is -3.54. The van der Waals surface area contributed by atoms with Gasteiger partial charge in [-0.15, -0.1) is 0 Å². The first-order valence-corrected chi connectivity index (χ1v) is 10.6. The molecule has 0 radical (unpaired) electrons. The van der Waals surface area contributed by atoms with Crippen LogP contribution in [0.3, 0.4) is 0 Å². The molecule has 0 saturated carbocycles. The van der Waals surface area contributed by atoms with E-state index in [1.807, 2.05) is 0 Å². The van der Waals surface area contributed by atoms with Gasteiger partial charge in [0.2, 0.25) is 10.0 Å². The summed E-state index contributed by atoms with van der Waals surface area (Å²) >= 11 is 0. The Morgan fingerprint density at radius 3 is 2.41 bits per heavy atom. The van der Waals surface area contributed by atoms with Crippen LogP contribution in [0.2, 0.25) is 0 Å². The zero-order valence-corrected chi connectivity index (χ0v) is 16.4. The minimum absolute atomic E-state index is 0.160. The van der Waals surface area contributed by atoms with Crippen LogP contribution < -0.4 is 10.0 Å². The Morgan fingerprint density at radius 2 is 1.76 bits per heavy atom. The predicted octanol–water partition coefficient (Wildman–Crippen LogP) is 1.29. The molecule has 1 fully saturated rings. The van der Waals surface area contributed by atoms with Crippen molar-refractivity contribution in [3.8, 4) is 0 Å². The molecule has 1 aromatic carbocycles. The number of rotatable bonds is 6. The lowest BCUT2D eigenvalue weighted by molar-refractivity contribution is -0.608. The number of ether oxygens (including phenoxy) is 1. The molecule has 1 amide bonds. The molecule has 9 nitrogen and oxygen atoms in total. The summed E-state index contributed by atoms with van der Waals surface area (Å²) in [5.74, 6) is -1.53. The van der Waals surface area contributed by atoms with E-state index in [1.54, 1.807) is 0 Å². The number of carbonyl (C=O) groups excluding carboxylic acids is 2. The van der Waals surface area contributed by atoms with Gasteiger partial charge in [0.25, 0.3) is 5.91 Å². The van der Waals surface area contributed by atoms with Crippen LogP contribution >= 0.6 is 0 Å². The molecule has 1 saturated heterocycles. The van der Waals surface area contributed by atoms with Crippen LogP contribution in [0, 0.1) is 5.21 Å². The maximum atomic E-state index is 12.6. The molecule has 0 atom stereocenters. The third-order valence-electron chi connectivity index (χ3n) is 4.46. The van der Waals surface area contributed by atoms with Crippen molar-refractivity contribution in [3.63, 3.8) is 0 Å². The molecule has 154 valence electrons. The monoisotopic (exact) mass is 419 g/mol. The van der Waals surface area contributed by atoms with Gasteiger partial charge in [0.05, 0.1) is 4.90 Å². The van der Waals surface area contributed by atoms with Crippen LogP contribution in [0.5, 0.6) is 0 Å². The van der Waals surface area contributed by atoms with E-state index in [2.05, 4.69) is 5.32 Å². The van der Waals surface area contributed by atoms with Crippen molar-refractivity contribution in [3.05, 3.63) is 59.6 Å². The summed E-state index contributed by atoms with van der Waals surface area (Å²) < 4.78 is 31.9. The summed E-state index contributed by atoms with van der Waals surface area (Å²) in [4.78, 5) is 24.0. The standard InChI is InChI=1S/C19H21N3O6S/c23-18(14-28-19(24)17-6-2-5-13-22(17)25)20-15-7-9-16(10-8-15)29(26,27)21-11-3-1-4-12-21/h2,5-10,13H,1,3-4,11-12,14H2,(H,20,23). The number of anilines is 1. The number of amides is 1. The number of esters is 1. The van der Waals surface area contributed by atoms with Crippen LogP contribution in [0.15, 0.2) is 53.6 Å². The first kappa shape index (κ1) is 20.7. The van der Waals surface area contributed by atoms with Gasteiger partial charge >= 0.3 is 11.7 Å². The number of nitrogens with one attached hydrogen (secondary N) is 1. The Bertz CT molecular complexity index is 985. The van der Waals surface area contributed by atoms with Crippen molar-refractivity contribution in [1.82, 2.24) is 4.31 Å². The van der Waals surface area contributed by atoms with Gasteiger partial charge in [0.15, 0.2) is 12.8 Å². The number of carbonyl (C=O) groups is 2. The van der Waals surface area contributed by atoms with Crippen molar-refractivity contribution in [2.45, 2.75) is 24.2 Å². The Morgan fingerprint density at radius 1 is 1.07 bits per heavy atom. The second-order valence-electron chi connectivity index (χ2n) is 6.53. The third kappa shape index (κ3) is 5.09. The number of nitrogens with zero attached hydrogens (tertiary/aromatic N) is 2. The smallest absolute Gasteiger partial charge is 0.405 e. The second-order valence-corrected chi connectivity index (χ2v) is 8.46. The van der Waals surface area contributed by atoms with E-state index in [1.165, 1.54) is 46.8 Å². The molecule has 10 heteroatoms. The summed E-state index contributed by atoms with van der Waals surface area (Å²) in [6, 6.07) is 10.1. The molecule has 0 aliphatic carbocycles. The van der Waals surface area contributed by atoms with Gasteiger partial charge in [-0.3, -0.25) is 4.79 Å². The average Bonchev–Trinajstić information content (AvgIpc) is 2.73. The minimum Gasteiger partial charge on any atom is -0.618 e. The molecular weight excluding hydrogens is 398 g/mol. The fraction of sp³-hybridized carbons (Fsp3) is 0.316. The predicted molar refractivity (Wildman–Crippen MR) is 103 cm³/mol. The normalized spacial score (nSPS) is 14.9. The van der Waals surface area contributed by atoms with Gasteiger partial charge in [-0.2, -0.15) is 9.04 Å². The first-order chi connectivity index (χ1) is 13.9. The van der Waals surface area contributed by atoms with Crippen LogP contribution in [0.1, 0.15) is 29.8 Å². The number of piperidine rings is 1. The number of hydrogen-bond acceptors (Lipinski definition) is 6. The van der Waals surface area contributed by atoms with Crippen molar-refractivity contribution in [2.24, 2.45) is 0 Å². The van der Waals surface area contributed by atoms with Crippen LogP contribution in [-0.2, 0) is 19.6 Å². The topological polar surface area (TPSA) is 120 Å². The van der Waals surface area contributed by atoms with Crippen molar-refractivity contribution < 1.29 is 27.5 Å². The van der Waals surface area contributed by atoms with E-state index in [9.17, 15) is 23.2 Å². The summed E-state index contributed by atoms with van der Waals surface area (Å²) in [6.07, 6.45) is 3.87. The van der Waals surface area contributed by atoms with Gasteiger partial charge in [-0.1, -0.05) is 6.42 Å². The highest BCUT2D eigenvalue weighted by atomic mass is 32.2. The molecule has 1 N–H and O–H groups in total. The molecule has 0 unspecified atom stereocenters. The number of aromatic nitrogens is 1. The van der Waals surface area contributed by atoms with Gasteiger partial charge in [0.1, 0.15) is 0 Å². The Labute approximate surface area is 168 Å². The quantitative estimate of drug-likeness (QED) is 0.428. The zero-order valence-electron chi connectivity index (χ0n) is 15.6. The van der Waals surface area contributed by atoms with Crippen LogP contribution in [0.25, 0.3) is 0 Å². The second kappa shape index (κ2) is 9.01. The lowest BCUT2D eigenvalue weighted by Crippen LogP contribution is -2.35. The van der Waals surface area contributed by atoms with E-state index in [-0.39, 0.29) is 10.6 Å². The fourth-order valence-corrected chi connectivity index (χ4v) is 4.47. The zero-order chi connectivity index (χ0) is 20.9. The summed E-state index contributed by atoms with van der Waals surface area (Å²) in [5, 5.41) is 14.0. The van der Waals surface area contributed by atoms with E-state index in [0.717, 1.165) is 25.5 Å². The molecule has 2 aromatic rings. The SMILES string of the molecule is O=C(COC(=O)c1cccc[n+]1[O-])Nc1ccc(S(=O)(=O)N2CCCCC2)cc1. The number of hydrogen-bond donors (Lipinski definition) is 1. The lowest BCUT2D eigenvalue weighted by atomic mass is 10.2. The largest absolute Gasteiger partial charge is 0.618 e. The molecule has 3 rings (SSSR count). The Kier molecular flexibility index (Phi) is 6.45. The Balaban J connectivity index is 1.56. The highest BCUT2D eigenvalue weighted by Gasteiger charge is 2.25. The average molecular weight is 419 g/mol. The van der Waals surface area contributed by atoms with E-state index >= 15 is 0 Å². The van der Waals surface area contributed by atoms with E-state index in [0.29, 0.717) is 23.5 Å². The number of benzene rings is 1. The lowest BCUT2D eigenvalue weighted by Gasteiger charge is -2.25. The van der Waals surface area contributed by atoms with Gasteiger partial charge in [-0.25, -0.2) is 13.2 Å². The van der Waals surface area contributed by atoms with Crippen molar-refractivity contribution in [1.29, 1.82) is 0 Å². The molecule has 1 aromatic heterocycles. The van der Waals surface area contributed by atoms with Gasteiger partial charge in [0, 0.05) is 30.9 Å². The minimum atomic E-state index is -3.54. The van der Waals surface area contributed by atoms with Gasteiger partial charge in [-0.05, 0) is 43.2 Å². The molecule has 29 heavy (non-hydrogen) atoms. The fourth-order valence-electron chi connectivity index (χ4n) is 2.95. The molecular formula is C19H21N3O6S. The maximum Gasteiger partial charge on any atom is 0.405 e. The Hall–Kier alpha value is -2.98. The highest BCUT2D eigenvalue weighted by molar-refractivity contribution is 7.89. The van der Waals surface area contributed by atoms with E-state index < -0.39 is 28.5 Å². The molecule has 0 bridgehead atoms. The first-order valence-electron chi connectivity index (χ1n) is 9.13. The van der Waals surface area contributed by atoms with Gasteiger partial charge < -0.3 is 15.3 Å². The maximum absolute atomic E-state index is 12.6. The molecule has 1 aliphatic rings. The molecule has 1 aliphatic heterocycles. The highest BCUT2D eigenvalue weighted by Crippen LogP contribution is 2.21. The molecule has 0 spiro atoms. The summed E-state index contributed by atoms with van der Waals surface area (Å²) in [6.45, 7) is 0.440. The number of sulfonamides is 1. The van der Waals surface area contributed by atoms with Crippen LogP contribution in [-0.4, -0.2) is 44.3 Å². The molecule has 2 heterocycles. The number of pyridine rings is 1. The van der Waals surface area contributed by atoms with Crippen molar-refractivity contribution in [2.75, 3.05) is 25.0 Å². The van der Waals surface area contributed by atoms with Crippen LogP contribution in [0.4, 0.5) is 5.69 Å². The van der Waals surface area contributed by atoms with Crippen molar-refractivity contribution >= 4 is 27.6 Å². The summed E-state index contributed by atoms with van der Waals surface area (Å²) in [5.41, 5.74) is 0.134. The third-order valence-corrected chi connectivity index (χ3v) is 6.37. The van der Waals surface area contributed by atoms with E-state index in [4.69, 9.17) is 4.74 Å².